The third-order valence-corrected chi connectivity index (χ3v) is 5.85. The zero-order valence-corrected chi connectivity index (χ0v) is 18.6. The van der Waals surface area contributed by atoms with Gasteiger partial charge in [-0.15, -0.1) is 11.3 Å². The van der Waals surface area contributed by atoms with Crippen LogP contribution in [0.25, 0.3) is 23.1 Å². The maximum absolute atomic E-state index is 12.4. The standard InChI is InChI=1S/C26H20N4O2S/c1-17-16-27-26(33-17)25(31)28-19-8-5-9-20(14-19)32-21-11-12-22-23(29-30-24(22)15-21)13-10-18-6-3-2-4-7-18/h2-16H,1H3,(H,28,31)(H,29,30). The van der Waals surface area contributed by atoms with Gasteiger partial charge < -0.3 is 10.1 Å². The fourth-order valence-corrected chi connectivity index (χ4v) is 4.03. The van der Waals surface area contributed by atoms with Crippen LogP contribution < -0.4 is 10.1 Å². The smallest absolute Gasteiger partial charge is 0.284 e. The Morgan fingerprint density at radius 1 is 1.00 bits per heavy atom. The molecular weight excluding hydrogens is 432 g/mol. The van der Waals surface area contributed by atoms with Gasteiger partial charge in [-0.3, -0.25) is 9.89 Å². The number of nitrogens with one attached hydrogen (secondary N) is 2. The Balaban J connectivity index is 1.31. The van der Waals surface area contributed by atoms with E-state index >= 15 is 0 Å². The van der Waals surface area contributed by atoms with Crippen LogP contribution in [0.1, 0.15) is 25.9 Å². The third kappa shape index (κ3) is 4.83. The molecule has 33 heavy (non-hydrogen) atoms. The van der Waals surface area contributed by atoms with Gasteiger partial charge in [0.2, 0.25) is 0 Å². The number of H-pyrrole nitrogens is 1. The van der Waals surface area contributed by atoms with Gasteiger partial charge in [0.25, 0.3) is 5.91 Å². The van der Waals surface area contributed by atoms with Crippen molar-refractivity contribution in [3.05, 3.63) is 100 Å². The number of anilines is 1. The van der Waals surface area contributed by atoms with Gasteiger partial charge in [-0.05, 0) is 42.8 Å². The van der Waals surface area contributed by atoms with Gasteiger partial charge in [-0.25, -0.2) is 4.98 Å². The number of aryl methyl sites for hydroxylation is 1. The van der Waals surface area contributed by atoms with Crippen molar-refractivity contribution in [3.8, 4) is 11.5 Å². The van der Waals surface area contributed by atoms with Crippen LogP contribution in [-0.4, -0.2) is 21.1 Å². The molecule has 0 radical (unpaired) electrons. The molecule has 5 rings (SSSR count). The number of thiazole rings is 1. The lowest BCUT2D eigenvalue weighted by Gasteiger charge is -2.08. The number of ether oxygens (including phenoxy) is 1. The van der Waals surface area contributed by atoms with E-state index in [9.17, 15) is 4.79 Å². The Morgan fingerprint density at radius 2 is 1.85 bits per heavy atom. The molecule has 0 aliphatic rings. The third-order valence-electron chi connectivity index (χ3n) is 4.94. The monoisotopic (exact) mass is 452 g/mol. The summed E-state index contributed by atoms with van der Waals surface area (Å²) in [5.74, 6) is 1.05. The first-order chi connectivity index (χ1) is 16.1. The SMILES string of the molecule is Cc1cnc(C(=O)Nc2cccc(Oc3ccc4c(C=Cc5ccccc5)n[nH]c4c3)c2)s1. The number of aromatic amines is 1. The van der Waals surface area contributed by atoms with Crippen molar-refractivity contribution in [3.63, 3.8) is 0 Å². The van der Waals surface area contributed by atoms with Gasteiger partial charge in [0, 0.05) is 34.3 Å². The number of benzene rings is 3. The molecule has 1 amide bonds. The molecule has 2 N–H and O–H groups in total. The molecule has 6 nitrogen and oxygen atoms in total. The predicted molar refractivity (Wildman–Crippen MR) is 133 cm³/mol. The minimum atomic E-state index is -0.236. The molecule has 162 valence electrons. The largest absolute Gasteiger partial charge is 0.457 e. The Kier molecular flexibility index (Phi) is 5.70. The molecular formula is C26H20N4O2S. The second-order valence-corrected chi connectivity index (χ2v) is 8.66. The first kappa shape index (κ1) is 20.7. The Morgan fingerprint density at radius 3 is 2.67 bits per heavy atom. The van der Waals surface area contributed by atoms with E-state index in [0.717, 1.165) is 27.0 Å². The summed E-state index contributed by atoms with van der Waals surface area (Å²) in [6.07, 6.45) is 5.71. The summed E-state index contributed by atoms with van der Waals surface area (Å²) in [5, 5.41) is 11.8. The lowest BCUT2D eigenvalue weighted by Crippen LogP contribution is -2.11. The summed E-state index contributed by atoms with van der Waals surface area (Å²) in [6.45, 7) is 1.92. The number of hydrogen-bond donors (Lipinski definition) is 2. The number of carbonyl (C=O) groups is 1. The molecule has 0 aliphatic carbocycles. The highest BCUT2D eigenvalue weighted by atomic mass is 32.1. The minimum absolute atomic E-state index is 0.236. The van der Waals surface area contributed by atoms with Crippen LogP contribution in [0.5, 0.6) is 11.5 Å². The van der Waals surface area contributed by atoms with E-state index < -0.39 is 0 Å². The molecule has 7 heteroatoms. The fraction of sp³-hybridized carbons (Fsp3) is 0.0385. The van der Waals surface area contributed by atoms with E-state index in [2.05, 4.69) is 20.5 Å². The van der Waals surface area contributed by atoms with Crippen molar-refractivity contribution in [2.45, 2.75) is 6.92 Å². The Labute approximate surface area is 194 Å². The van der Waals surface area contributed by atoms with Crippen LogP contribution >= 0.6 is 11.3 Å². The van der Waals surface area contributed by atoms with Crippen molar-refractivity contribution < 1.29 is 9.53 Å². The highest BCUT2D eigenvalue weighted by Gasteiger charge is 2.11. The maximum Gasteiger partial charge on any atom is 0.284 e. The van der Waals surface area contributed by atoms with Gasteiger partial charge in [0.1, 0.15) is 11.5 Å². The quantitative estimate of drug-likeness (QED) is 0.306. The zero-order chi connectivity index (χ0) is 22.6. The van der Waals surface area contributed by atoms with Crippen molar-refractivity contribution >= 4 is 46.0 Å². The van der Waals surface area contributed by atoms with Gasteiger partial charge in [-0.1, -0.05) is 42.5 Å². The molecule has 0 atom stereocenters. The van der Waals surface area contributed by atoms with Crippen molar-refractivity contribution in [2.24, 2.45) is 0 Å². The Hall–Kier alpha value is -4.23. The number of fused-ring (bicyclic) bond motifs is 1. The van der Waals surface area contributed by atoms with Gasteiger partial charge in [0.15, 0.2) is 5.01 Å². The van der Waals surface area contributed by atoms with E-state index in [4.69, 9.17) is 4.74 Å². The van der Waals surface area contributed by atoms with E-state index in [1.54, 1.807) is 12.3 Å². The van der Waals surface area contributed by atoms with Crippen molar-refractivity contribution in [2.75, 3.05) is 5.32 Å². The summed E-state index contributed by atoms with van der Waals surface area (Å²) in [6, 6.07) is 23.2. The second-order valence-electron chi connectivity index (χ2n) is 7.42. The predicted octanol–water partition coefficient (Wildman–Crippen LogP) is 6.54. The summed E-state index contributed by atoms with van der Waals surface area (Å²) in [5.41, 5.74) is 3.50. The molecule has 0 saturated carbocycles. The normalized spacial score (nSPS) is 11.2. The van der Waals surface area contributed by atoms with Crippen LogP contribution in [-0.2, 0) is 0 Å². The highest BCUT2D eigenvalue weighted by Crippen LogP contribution is 2.28. The maximum atomic E-state index is 12.4. The van der Waals surface area contributed by atoms with Crippen LogP contribution in [0.3, 0.4) is 0 Å². The van der Waals surface area contributed by atoms with Gasteiger partial charge in [0.05, 0.1) is 11.2 Å². The van der Waals surface area contributed by atoms with Crippen molar-refractivity contribution in [1.29, 1.82) is 0 Å². The van der Waals surface area contributed by atoms with Crippen LogP contribution in [0.15, 0.2) is 79.0 Å². The molecule has 2 heterocycles. The average molecular weight is 453 g/mol. The summed E-state index contributed by atoms with van der Waals surface area (Å²) in [7, 11) is 0. The first-order valence-electron chi connectivity index (χ1n) is 10.4. The zero-order valence-electron chi connectivity index (χ0n) is 17.8. The summed E-state index contributed by atoms with van der Waals surface area (Å²) in [4.78, 5) is 17.5. The summed E-state index contributed by atoms with van der Waals surface area (Å²) < 4.78 is 6.03. The van der Waals surface area contributed by atoms with E-state index in [1.165, 1.54) is 11.3 Å². The molecule has 0 fully saturated rings. The minimum Gasteiger partial charge on any atom is -0.457 e. The molecule has 3 aromatic carbocycles. The topological polar surface area (TPSA) is 79.9 Å². The molecule has 0 aliphatic heterocycles. The molecule has 2 aromatic heterocycles. The number of amides is 1. The Bertz CT molecular complexity index is 1450. The number of hydrogen-bond acceptors (Lipinski definition) is 5. The second kappa shape index (κ2) is 9.10. The van der Waals surface area contributed by atoms with Crippen LogP contribution in [0.2, 0.25) is 0 Å². The summed E-state index contributed by atoms with van der Waals surface area (Å²) >= 11 is 1.36. The average Bonchev–Trinajstić information content (AvgIpc) is 3.44. The highest BCUT2D eigenvalue weighted by molar-refractivity contribution is 7.13. The van der Waals surface area contributed by atoms with E-state index in [0.29, 0.717) is 22.2 Å². The van der Waals surface area contributed by atoms with E-state index in [1.807, 2.05) is 85.8 Å². The van der Waals surface area contributed by atoms with Gasteiger partial charge >= 0.3 is 0 Å². The fourth-order valence-electron chi connectivity index (χ4n) is 3.37. The lowest BCUT2D eigenvalue weighted by molar-refractivity contribution is 0.102. The molecule has 0 saturated heterocycles. The van der Waals surface area contributed by atoms with Crippen LogP contribution in [0.4, 0.5) is 5.69 Å². The first-order valence-corrected chi connectivity index (χ1v) is 11.2. The molecule has 5 aromatic rings. The van der Waals surface area contributed by atoms with Gasteiger partial charge in [-0.2, -0.15) is 5.10 Å². The number of aromatic nitrogens is 3. The molecule has 0 unspecified atom stereocenters. The number of nitrogens with zero attached hydrogens (tertiary/aromatic N) is 2. The van der Waals surface area contributed by atoms with E-state index in [-0.39, 0.29) is 5.91 Å². The van der Waals surface area contributed by atoms with Crippen molar-refractivity contribution in [1.82, 2.24) is 15.2 Å². The molecule has 0 spiro atoms. The number of rotatable bonds is 6. The molecule has 0 bridgehead atoms. The lowest BCUT2D eigenvalue weighted by atomic mass is 10.1. The number of carbonyl (C=O) groups excluding carboxylic acids is 1. The van der Waals surface area contributed by atoms with Crippen LogP contribution in [0, 0.1) is 6.92 Å².